The van der Waals surface area contributed by atoms with Gasteiger partial charge in [0.25, 0.3) is 0 Å². The predicted octanol–water partition coefficient (Wildman–Crippen LogP) is 3.89. The van der Waals surface area contributed by atoms with Crippen LogP contribution in [0.25, 0.3) is 10.9 Å². The molecule has 2 aromatic heterocycles. The van der Waals surface area contributed by atoms with Crippen LogP contribution in [0.2, 0.25) is 0 Å². The maximum Gasteiger partial charge on any atom is 0.223 e. The molecule has 3 nitrogen and oxygen atoms in total. The molecule has 1 aliphatic rings. The molecule has 0 spiro atoms. The number of carbonyl (C=O) groups excluding carboxylic acids is 1. The summed E-state index contributed by atoms with van der Waals surface area (Å²) in [7, 11) is 0. The van der Waals surface area contributed by atoms with Gasteiger partial charge in [-0.2, -0.15) is 0 Å². The Balaban J connectivity index is 1.66. The van der Waals surface area contributed by atoms with Gasteiger partial charge in [0.2, 0.25) is 5.91 Å². The van der Waals surface area contributed by atoms with Gasteiger partial charge in [0.1, 0.15) is 0 Å². The van der Waals surface area contributed by atoms with Crippen molar-refractivity contribution in [2.75, 3.05) is 6.54 Å². The maximum absolute atomic E-state index is 12.0. The highest BCUT2D eigenvalue weighted by atomic mass is 32.1. The van der Waals surface area contributed by atoms with Gasteiger partial charge in [-0.25, -0.2) is 0 Å². The van der Waals surface area contributed by atoms with Crippen LogP contribution in [0.5, 0.6) is 0 Å². The molecule has 0 bridgehead atoms. The number of rotatable bonds is 5. The van der Waals surface area contributed by atoms with Crippen molar-refractivity contribution in [1.82, 2.24) is 10.3 Å². The molecule has 1 fully saturated rings. The Morgan fingerprint density at radius 3 is 2.91 bits per heavy atom. The highest BCUT2D eigenvalue weighted by Gasteiger charge is 2.30. The van der Waals surface area contributed by atoms with Crippen LogP contribution in [-0.2, 0) is 4.79 Å². The zero-order chi connectivity index (χ0) is 14.9. The van der Waals surface area contributed by atoms with E-state index in [9.17, 15) is 4.79 Å². The number of carbonyl (C=O) groups is 1. The number of para-hydroxylation sites is 1. The molecule has 2 N–H and O–H groups in total. The van der Waals surface area contributed by atoms with E-state index in [-0.39, 0.29) is 17.7 Å². The summed E-state index contributed by atoms with van der Waals surface area (Å²) < 4.78 is 0. The lowest BCUT2D eigenvalue weighted by molar-refractivity contribution is -0.122. The third-order valence-corrected chi connectivity index (χ3v) is 5.30. The number of thiophene rings is 1. The summed E-state index contributed by atoms with van der Waals surface area (Å²) in [6.45, 7) is 0.664. The van der Waals surface area contributed by atoms with Gasteiger partial charge in [-0.1, -0.05) is 24.3 Å². The maximum atomic E-state index is 12.0. The van der Waals surface area contributed by atoms with Gasteiger partial charge in [0.05, 0.1) is 0 Å². The molecule has 2 heterocycles. The minimum Gasteiger partial charge on any atom is -0.361 e. The molecule has 22 heavy (non-hydrogen) atoms. The summed E-state index contributed by atoms with van der Waals surface area (Å²) in [5, 5.41) is 6.47. The van der Waals surface area contributed by atoms with E-state index in [1.165, 1.54) is 15.8 Å². The number of amides is 1. The molecule has 3 aromatic rings. The monoisotopic (exact) mass is 310 g/mol. The van der Waals surface area contributed by atoms with Gasteiger partial charge < -0.3 is 10.3 Å². The number of fused-ring (bicyclic) bond motifs is 1. The summed E-state index contributed by atoms with van der Waals surface area (Å²) in [5.74, 6) is 0.673. The first-order chi connectivity index (χ1) is 10.8. The van der Waals surface area contributed by atoms with Crippen LogP contribution in [-0.4, -0.2) is 17.4 Å². The van der Waals surface area contributed by atoms with Crippen LogP contribution in [0.3, 0.4) is 0 Å². The van der Waals surface area contributed by atoms with E-state index < -0.39 is 0 Å². The second-order valence-corrected chi connectivity index (χ2v) is 6.86. The Morgan fingerprint density at radius 2 is 2.14 bits per heavy atom. The molecule has 4 rings (SSSR count). The Kier molecular flexibility index (Phi) is 3.47. The minimum absolute atomic E-state index is 0.207. The lowest BCUT2D eigenvalue weighted by Crippen LogP contribution is -2.29. The number of hydrogen-bond donors (Lipinski definition) is 2. The summed E-state index contributed by atoms with van der Waals surface area (Å²) in [4.78, 5) is 16.6. The zero-order valence-electron chi connectivity index (χ0n) is 12.2. The largest absolute Gasteiger partial charge is 0.361 e. The van der Waals surface area contributed by atoms with Crippen LogP contribution >= 0.6 is 11.3 Å². The van der Waals surface area contributed by atoms with Crippen molar-refractivity contribution in [3.8, 4) is 0 Å². The average Bonchev–Trinajstić information content (AvgIpc) is 3.09. The van der Waals surface area contributed by atoms with Crippen LogP contribution in [0, 0.1) is 5.92 Å². The number of benzene rings is 1. The van der Waals surface area contributed by atoms with E-state index in [1.807, 2.05) is 6.07 Å². The van der Waals surface area contributed by atoms with Crippen molar-refractivity contribution in [2.24, 2.45) is 5.92 Å². The molecule has 4 heteroatoms. The van der Waals surface area contributed by atoms with Crippen molar-refractivity contribution in [2.45, 2.75) is 18.8 Å². The molecule has 0 aliphatic heterocycles. The van der Waals surface area contributed by atoms with Crippen LogP contribution in [0.1, 0.15) is 29.2 Å². The summed E-state index contributed by atoms with van der Waals surface area (Å²) in [6.07, 6.45) is 4.17. The number of hydrogen-bond acceptors (Lipinski definition) is 2. The summed E-state index contributed by atoms with van der Waals surface area (Å²) >= 11 is 1.75. The molecule has 0 unspecified atom stereocenters. The fraction of sp³-hybridized carbons (Fsp3) is 0.278. The van der Waals surface area contributed by atoms with Gasteiger partial charge in [-0.05, 0) is 35.9 Å². The Labute approximate surface area is 133 Å². The van der Waals surface area contributed by atoms with E-state index in [4.69, 9.17) is 0 Å². The highest BCUT2D eigenvalue weighted by molar-refractivity contribution is 7.10. The predicted molar refractivity (Wildman–Crippen MR) is 90.2 cm³/mol. The zero-order valence-corrected chi connectivity index (χ0v) is 13.0. The number of H-pyrrole nitrogens is 1. The number of aromatic nitrogens is 1. The molecule has 1 atom stereocenters. The van der Waals surface area contributed by atoms with Crippen molar-refractivity contribution in [3.63, 3.8) is 0 Å². The normalized spacial score (nSPS) is 15.8. The first kappa shape index (κ1) is 13.6. The van der Waals surface area contributed by atoms with Gasteiger partial charge in [0.15, 0.2) is 0 Å². The van der Waals surface area contributed by atoms with E-state index >= 15 is 0 Å². The van der Waals surface area contributed by atoms with Crippen LogP contribution in [0.4, 0.5) is 0 Å². The van der Waals surface area contributed by atoms with Crippen LogP contribution in [0.15, 0.2) is 48.0 Å². The van der Waals surface area contributed by atoms with E-state index in [0.29, 0.717) is 6.54 Å². The molecule has 112 valence electrons. The first-order valence-electron chi connectivity index (χ1n) is 7.70. The van der Waals surface area contributed by atoms with E-state index in [0.717, 1.165) is 18.4 Å². The molecular weight excluding hydrogens is 292 g/mol. The van der Waals surface area contributed by atoms with Crippen molar-refractivity contribution in [1.29, 1.82) is 0 Å². The topological polar surface area (TPSA) is 44.9 Å². The van der Waals surface area contributed by atoms with Gasteiger partial charge in [-0.3, -0.25) is 4.79 Å². The van der Waals surface area contributed by atoms with Gasteiger partial charge in [-0.15, -0.1) is 11.3 Å². The first-order valence-corrected chi connectivity index (χ1v) is 8.58. The Morgan fingerprint density at radius 1 is 1.27 bits per heavy atom. The molecule has 1 amide bonds. The fourth-order valence-electron chi connectivity index (χ4n) is 2.93. The molecule has 1 saturated carbocycles. The van der Waals surface area contributed by atoms with Crippen molar-refractivity contribution >= 4 is 28.1 Å². The van der Waals surface area contributed by atoms with Crippen molar-refractivity contribution in [3.05, 3.63) is 58.4 Å². The van der Waals surface area contributed by atoms with E-state index in [2.05, 4.69) is 52.2 Å². The van der Waals surface area contributed by atoms with Crippen LogP contribution < -0.4 is 5.32 Å². The number of aromatic amines is 1. The standard InChI is InChI=1S/C18H18N2OS/c21-18(12-7-8-12)20-11-15(17-6-3-9-22-17)14-10-19-16-5-2-1-4-13(14)16/h1-6,9-10,12,15,19H,7-8,11H2,(H,20,21)/t15-/m1/s1. The lowest BCUT2D eigenvalue weighted by atomic mass is 9.96. The Bertz CT molecular complexity index is 786. The Hall–Kier alpha value is -2.07. The second-order valence-electron chi connectivity index (χ2n) is 5.88. The fourth-order valence-corrected chi connectivity index (χ4v) is 3.77. The lowest BCUT2D eigenvalue weighted by Gasteiger charge is -2.16. The summed E-state index contributed by atoms with van der Waals surface area (Å²) in [6, 6.07) is 12.6. The number of nitrogens with one attached hydrogen (secondary N) is 2. The molecule has 1 aliphatic carbocycles. The summed E-state index contributed by atoms with van der Waals surface area (Å²) in [5.41, 5.74) is 2.40. The molecule has 0 radical (unpaired) electrons. The van der Waals surface area contributed by atoms with Gasteiger partial charge in [0, 0.05) is 40.4 Å². The smallest absolute Gasteiger partial charge is 0.223 e. The SMILES string of the molecule is O=C(NC[C@@H](c1cccs1)c1c[nH]c2ccccc12)C1CC1. The molecular formula is C18H18N2OS. The van der Waals surface area contributed by atoms with Crippen molar-refractivity contribution < 1.29 is 4.79 Å². The highest BCUT2D eigenvalue weighted by Crippen LogP contribution is 2.33. The molecule has 0 saturated heterocycles. The quantitative estimate of drug-likeness (QED) is 0.738. The third-order valence-electron chi connectivity index (χ3n) is 4.31. The third kappa shape index (κ3) is 2.55. The molecule has 1 aromatic carbocycles. The minimum atomic E-state index is 0.207. The van der Waals surface area contributed by atoms with Gasteiger partial charge >= 0.3 is 0 Å². The second kappa shape index (κ2) is 5.61. The van der Waals surface area contributed by atoms with E-state index in [1.54, 1.807) is 11.3 Å². The average molecular weight is 310 g/mol.